The van der Waals surface area contributed by atoms with Crippen LogP contribution in [0.3, 0.4) is 0 Å². The molecule has 96 valence electrons. The fourth-order valence-electron chi connectivity index (χ4n) is 2.09. The summed E-state index contributed by atoms with van der Waals surface area (Å²) in [5.74, 6) is 2.59. The van der Waals surface area contributed by atoms with Gasteiger partial charge in [-0.3, -0.25) is 0 Å². The first-order valence-electron chi connectivity index (χ1n) is 6.36. The van der Waals surface area contributed by atoms with Gasteiger partial charge in [0.1, 0.15) is 11.5 Å². The molecule has 0 atom stereocenters. The third-order valence-electron chi connectivity index (χ3n) is 2.83. The number of methoxy groups -OCH3 is 2. The van der Waals surface area contributed by atoms with Gasteiger partial charge in [0.25, 0.3) is 0 Å². The van der Waals surface area contributed by atoms with E-state index in [9.17, 15) is 0 Å². The molecule has 1 rings (SSSR count). The summed E-state index contributed by atoms with van der Waals surface area (Å²) in [6.07, 6.45) is 3.16. The minimum Gasteiger partial charge on any atom is -0.496 e. The van der Waals surface area contributed by atoms with Crippen LogP contribution in [0.1, 0.15) is 38.3 Å². The molecule has 0 spiro atoms. The van der Waals surface area contributed by atoms with Crippen molar-refractivity contribution >= 4 is 0 Å². The van der Waals surface area contributed by atoms with E-state index in [1.807, 2.05) is 0 Å². The average molecular weight is 236 g/mol. The Kier molecular flexibility index (Phi) is 5.33. The first-order valence-corrected chi connectivity index (χ1v) is 6.36. The Balaban J connectivity index is 3.12. The SMILES string of the molecule is CCCc1cc(OC)c(CC(C)C)cc1OC. The molecule has 0 aliphatic rings. The highest BCUT2D eigenvalue weighted by atomic mass is 16.5. The highest BCUT2D eigenvalue weighted by Gasteiger charge is 2.11. The van der Waals surface area contributed by atoms with Crippen molar-refractivity contribution in [1.82, 2.24) is 0 Å². The lowest BCUT2D eigenvalue weighted by Crippen LogP contribution is -2.01. The summed E-state index contributed by atoms with van der Waals surface area (Å²) in [6.45, 7) is 6.60. The summed E-state index contributed by atoms with van der Waals surface area (Å²) in [5.41, 5.74) is 2.47. The molecule has 0 saturated carbocycles. The maximum absolute atomic E-state index is 5.48. The minimum absolute atomic E-state index is 0.616. The molecule has 1 aromatic rings. The van der Waals surface area contributed by atoms with Gasteiger partial charge in [0.15, 0.2) is 0 Å². The highest BCUT2D eigenvalue weighted by molar-refractivity contribution is 5.46. The molecule has 0 heterocycles. The largest absolute Gasteiger partial charge is 0.496 e. The van der Waals surface area contributed by atoms with E-state index < -0.39 is 0 Å². The molecule has 2 nitrogen and oxygen atoms in total. The van der Waals surface area contributed by atoms with E-state index in [4.69, 9.17) is 9.47 Å². The van der Waals surface area contributed by atoms with Crippen molar-refractivity contribution in [3.8, 4) is 11.5 Å². The van der Waals surface area contributed by atoms with Gasteiger partial charge in [0.05, 0.1) is 14.2 Å². The predicted molar refractivity (Wildman–Crippen MR) is 72.1 cm³/mol. The number of hydrogen-bond acceptors (Lipinski definition) is 2. The molecule has 0 saturated heterocycles. The smallest absolute Gasteiger partial charge is 0.122 e. The van der Waals surface area contributed by atoms with Crippen LogP contribution in [0.4, 0.5) is 0 Å². The summed E-state index contributed by atoms with van der Waals surface area (Å²) < 4.78 is 10.9. The van der Waals surface area contributed by atoms with Crippen LogP contribution >= 0.6 is 0 Å². The second-order valence-electron chi connectivity index (χ2n) is 4.82. The first-order chi connectivity index (χ1) is 8.12. The minimum atomic E-state index is 0.616. The maximum Gasteiger partial charge on any atom is 0.122 e. The molecule has 0 bridgehead atoms. The summed E-state index contributed by atoms with van der Waals surface area (Å²) in [7, 11) is 3.47. The van der Waals surface area contributed by atoms with Crippen LogP contribution in [0.5, 0.6) is 11.5 Å². The molecule has 1 aromatic carbocycles. The van der Waals surface area contributed by atoms with Crippen molar-refractivity contribution < 1.29 is 9.47 Å². The van der Waals surface area contributed by atoms with Gasteiger partial charge in [-0.1, -0.05) is 27.2 Å². The van der Waals surface area contributed by atoms with Crippen LogP contribution in [-0.4, -0.2) is 14.2 Å². The Labute approximate surface area is 105 Å². The molecule has 0 fully saturated rings. The van der Waals surface area contributed by atoms with Crippen LogP contribution in [-0.2, 0) is 12.8 Å². The van der Waals surface area contributed by atoms with Crippen LogP contribution in [0, 0.1) is 5.92 Å². The zero-order chi connectivity index (χ0) is 12.8. The van der Waals surface area contributed by atoms with Gasteiger partial charge in [-0.15, -0.1) is 0 Å². The molecule has 17 heavy (non-hydrogen) atoms. The van der Waals surface area contributed by atoms with Crippen molar-refractivity contribution in [3.05, 3.63) is 23.3 Å². The lowest BCUT2D eigenvalue weighted by molar-refractivity contribution is 0.392. The zero-order valence-electron chi connectivity index (χ0n) is 11.7. The van der Waals surface area contributed by atoms with Crippen molar-refractivity contribution in [2.24, 2.45) is 5.92 Å². The van der Waals surface area contributed by atoms with E-state index in [-0.39, 0.29) is 0 Å². The maximum atomic E-state index is 5.48. The average Bonchev–Trinajstić information content (AvgIpc) is 2.30. The first kappa shape index (κ1) is 13.9. The molecule has 0 aliphatic heterocycles. The monoisotopic (exact) mass is 236 g/mol. The fourth-order valence-corrected chi connectivity index (χ4v) is 2.09. The van der Waals surface area contributed by atoms with E-state index in [0.717, 1.165) is 30.8 Å². The van der Waals surface area contributed by atoms with E-state index in [1.165, 1.54) is 11.1 Å². The Bertz CT molecular complexity index is 356. The van der Waals surface area contributed by atoms with E-state index >= 15 is 0 Å². The Morgan fingerprint density at radius 2 is 1.53 bits per heavy atom. The van der Waals surface area contributed by atoms with E-state index in [2.05, 4.69) is 32.9 Å². The quantitative estimate of drug-likeness (QED) is 0.746. The molecule has 0 N–H and O–H groups in total. The number of aryl methyl sites for hydroxylation is 1. The van der Waals surface area contributed by atoms with Gasteiger partial charge in [-0.25, -0.2) is 0 Å². The van der Waals surface area contributed by atoms with Crippen molar-refractivity contribution in [1.29, 1.82) is 0 Å². The number of ether oxygens (including phenoxy) is 2. The molecule has 0 unspecified atom stereocenters. The van der Waals surface area contributed by atoms with Crippen LogP contribution in [0.15, 0.2) is 12.1 Å². The molecule has 2 heteroatoms. The van der Waals surface area contributed by atoms with Gasteiger partial charge in [0, 0.05) is 0 Å². The number of rotatable bonds is 6. The summed E-state index contributed by atoms with van der Waals surface area (Å²) in [6, 6.07) is 4.25. The highest BCUT2D eigenvalue weighted by Crippen LogP contribution is 2.31. The second-order valence-corrected chi connectivity index (χ2v) is 4.82. The molecule has 0 radical (unpaired) electrons. The Morgan fingerprint density at radius 3 is 2.00 bits per heavy atom. The lowest BCUT2D eigenvalue weighted by Gasteiger charge is -2.15. The number of hydrogen-bond donors (Lipinski definition) is 0. The number of benzene rings is 1. The van der Waals surface area contributed by atoms with Crippen molar-refractivity contribution in [3.63, 3.8) is 0 Å². The summed E-state index contributed by atoms with van der Waals surface area (Å²) in [4.78, 5) is 0. The molecule has 0 aliphatic carbocycles. The normalized spacial score (nSPS) is 10.7. The van der Waals surface area contributed by atoms with Crippen LogP contribution < -0.4 is 9.47 Å². The van der Waals surface area contributed by atoms with Gasteiger partial charge < -0.3 is 9.47 Å². The van der Waals surface area contributed by atoms with Gasteiger partial charge >= 0.3 is 0 Å². The van der Waals surface area contributed by atoms with Crippen LogP contribution in [0.25, 0.3) is 0 Å². The van der Waals surface area contributed by atoms with Gasteiger partial charge in [-0.2, -0.15) is 0 Å². The van der Waals surface area contributed by atoms with Crippen molar-refractivity contribution in [2.45, 2.75) is 40.0 Å². The van der Waals surface area contributed by atoms with Gasteiger partial charge in [0.2, 0.25) is 0 Å². The second kappa shape index (κ2) is 6.53. The fraction of sp³-hybridized carbons (Fsp3) is 0.600. The standard InChI is InChI=1S/C15H24O2/c1-6-7-12-9-15(17-5)13(8-11(2)3)10-14(12)16-4/h9-11H,6-8H2,1-5H3. The Morgan fingerprint density at radius 1 is 1.00 bits per heavy atom. The topological polar surface area (TPSA) is 18.5 Å². The molecule has 0 amide bonds. The van der Waals surface area contributed by atoms with Gasteiger partial charge in [-0.05, 0) is 42.0 Å². The lowest BCUT2D eigenvalue weighted by atomic mass is 9.98. The third kappa shape index (κ3) is 3.65. The van der Waals surface area contributed by atoms with Crippen molar-refractivity contribution in [2.75, 3.05) is 14.2 Å². The molecular formula is C15H24O2. The summed E-state index contributed by atoms with van der Waals surface area (Å²) in [5, 5.41) is 0. The van der Waals surface area contributed by atoms with E-state index in [0.29, 0.717) is 5.92 Å². The Hall–Kier alpha value is -1.18. The molecular weight excluding hydrogens is 212 g/mol. The van der Waals surface area contributed by atoms with Crippen LogP contribution in [0.2, 0.25) is 0 Å². The zero-order valence-corrected chi connectivity index (χ0v) is 11.7. The molecule has 0 aromatic heterocycles. The third-order valence-corrected chi connectivity index (χ3v) is 2.83. The predicted octanol–water partition coefficient (Wildman–Crippen LogP) is 3.85. The van der Waals surface area contributed by atoms with E-state index in [1.54, 1.807) is 14.2 Å². The summed E-state index contributed by atoms with van der Waals surface area (Å²) >= 11 is 0.